The molecule has 3 aromatic carbocycles. The molecule has 0 bridgehead atoms. The topological polar surface area (TPSA) is 111 Å². The summed E-state index contributed by atoms with van der Waals surface area (Å²) in [6, 6.07) is 22.0. The summed E-state index contributed by atoms with van der Waals surface area (Å²) in [6.07, 6.45) is 0.397. The molecule has 0 aliphatic rings. The molecule has 0 heterocycles. The van der Waals surface area contributed by atoms with Crippen LogP contribution in [0.5, 0.6) is 0 Å². The van der Waals surface area contributed by atoms with Crippen LogP contribution in [0.15, 0.2) is 72.8 Å². The number of benzene rings is 3. The van der Waals surface area contributed by atoms with Gasteiger partial charge in [-0.1, -0.05) is 48.5 Å². The van der Waals surface area contributed by atoms with Crippen LogP contribution in [0.3, 0.4) is 0 Å². The maximum absolute atomic E-state index is 12.9. The third-order valence-corrected chi connectivity index (χ3v) is 5.25. The lowest BCUT2D eigenvalue weighted by Gasteiger charge is -2.17. The maximum atomic E-state index is 12.9. The van der Waals surface area contributed by atoms with Crippen LogP contribution in [0.4, 0.5) is 11.4 Å². The molecule has 3 rings (SSSR count). The molecule has 3 aromatic rings. The summed E-state index contributed by atoms with van der Waals surface area (Å²) >= 11 is 0. The number of hydrogen-bond donors (Lipinski definition) is 4. The van der Waals surface area contributed by atoms with E-state index in [2.05, 4.69) is 10.6 Å². The van der Waals surface area contributed by atoms with Gasteiger partial charge in [-0.3, -0.25) is 9.59 Å². The molecule has 1 atom stereocenters. The van der Waals surface area contributed by atoms with Crippen molar-refractivity contribution in [3.8, 4) is 11.1 Å². The number of amides is 2. The monoisotopic (exact) mass is 457 g/mol. The number of nitrogens with one attached hydrogen (secondary N) is 3. The number of carbonyl (C=O) groups excluding carboxylic acids is 2. The third kappa shape index (κ3) is 6.76. The van der Waals surface area contributed by atoms with Gasteiger partial charge in [0.05, 0.1) is 12.2 Å². The Morgan fingerprint density at radius 1 is 0.971 bits per heavy atom. The van der Waals surface area contributed by atoms with E-state index in [1.807, 2.05) is 63.5 Å². The van der Waals surface area contributed by atoms with Gasteiger partial charge in [0.2, 0.25) is 5.91 Å². The smallest absolute Gasteiger partial charge is 0.255 e. The van der Waals surface area contributed by atoms with Crippen molar-refractivity contribution >= 4 is 28.9 Å². The lowest BCUT2D eigenvalue weighted by atomic mass is 10.0. The summed E-state index contributed by atoms with van der Waals surface area (Å²) in [5.41, 5.74) is 10.6. The quantitative estimate of drug-likeness (QED) is 0.287. The standard InChI is InChI=1S/C27H31N5O2/c1-18(30-26(33)17-32(2)3)15-24(29)20-9-11-21(12-10-20)27(34)31-25-16-22(28)13-14-23(25)19-7-5-4-6-8-19/h4-14,16,18,29H,15,17,28H2,1-3H3,(H,30,33)(H,31,34)/t18-/m0/s1. The number of nitrogens with two attached hydrogens (primary N) is 1. The summed E-state index contributed by atoms with van der Waals surface area (Å²) in [7, 11) is 3.67. The molecule has 0 saturated carbocycles. The molecule has 5 N–H and O–H groups in total. The van der Waals surface area contributed by atoms with Crippen molar-refractivity contribution < 1.29 is 9.59 Å². The van der Waals surface area contributed by atoms with Crippen LogP contribution < -0.4 is 16.4 Å². The van der Waals surface area contributed by atoms with Crippen molar-refractivity contribution in [1.82, 2.24) is 10.2 Å². The molecule has 0 spiro atoms. The van der Waals surface area contributed by atoms with Crippen molar-refractivity contribution in [3.05, 3.63) is 83.9 Å². The molecule has 0 fully saturated rings. The molecule has 7 nitrogen and oxygen atoms in total. The van der Waals surface area contributed by atoms with E-state index in [1.54, 1.807) is 35.2 Å². The molecule has 0 radical (unpaired) electrons. The number of rotatable bonds is 9. The lowest BCUT2D eigenvalue weighted by molar-refractivity contribution is -0.122. The fourth-order valence-corrected chi connectivity index (χ4v) is 3.63. The molecule has 2 amide bonds. The summed E-state index contributed by atoms with van der Waals surface area (Å²) < 4.78 is 0. The highest BCUT2D eigenvalue weighted by atomic mass is 16.2. The van der Waals surface area contributed by atoms with Gasteiger partial charge >= 0.3 is 0 Å². The lowest BCUT2D eigenvalue weighted by Crippen LogP contribution is -2.39. The van der Waals surface area contributed by atoms with Gasteiger partial charge < -0.3 is 26.7 Å². The van der Waals surface area contributed by atoms with Gasteiger partial charge in [-0.2, -0.15) is 0 Å². The van der Waals surface area contributed by atoms with E-state index in [9.17, 15) is 9.59 Å². The van der Waals surface area contributed by atoms with E-state index in [4.69, 9.17) is 11.1 Å². The van der Waals surface area contributed by atoms with Crippen molar-refractivity contribution in [1.29, 1.82) is 5.41 Å². The van der Waals surface area contributed by atoms with Crippen molar-refractivity contribution in [3.63, 3.8) is 0 Å². The van der Waals surface area contributed by atoms with Gasteiger partial charge in [0.1, 0.15) is 0 Å². The van der Waals surface area contributed by atoms with E-state index < -0.39 is 0 Å². The Labute approximate surface area is 200 Å². The highest BCUT2D eigenvalue weighted by molar-refractivity contribution is 6.07. The molecule has 0 aliphatic carbocycles. The second kappa shape index (κ2) is 11.2. The van der Waals surface area contributed by atoms with E-state index in [0.29, 0.717) is 41.2 Å². The minimum Gasteiger partial charge on any atom is -0.399 e. The van der Waals surface area contributed by atoms with E-state index in [1.165, 1.54) is 0 Å². The molecule has 176 valence electrons. The summed E-state index contributed by atoms with van der Waals surface area (Å²) in [5, 5.41) is 14.2. The summed E-state index contributed by atoms with van der Waals surface area (Å²) in [6.45, 7) is 2.18. The van der Waals surface area contributed by atoms with Crippen LogP contribution in [-0.2, 0) is 4.79 Å². The largest absolute Gasteiger partial charge is 0.399 e. The molecule has 0 aromatic heterocycles. The van der Waals surface area contributed by atoms with Crippen molar-refractivity contribution in [2.75, 3.05) is 31.7 Å². The van der Waals surface area contributed by atoms with Crippen LogP contribution in [0.2, 0.25) is 0 Å². The molecule has 0 unspecified atom stereocenters. The van der Waals surface area contributed by atoms with Gasteiger partial charge in [0.15, 0.2) is 0 Å². The van der Waals surface area contributed by atoms with Crippen LogP contribution in [0.25, 0.3) is 11.1 Å². The van der Waals surface area contributed by atoms with E-state index in [0.717, 1.165) is 11.1 Å². The fraction of sp³-hybridized carbons (Fsp3) is 0.222. The number of hydrogen-bond acceptors (Lipinski definition) is 5. The minimum atomic E-state index is -0.259. The van der Waals surface area contributed by atoms with Crippen LogP contribution >= 0.6 is 0 Å². The van der Waals surface area contributed by atoms with Gasteiger partial charge in [0, 0.05) is 35.0 Å². The second-order valence-corrected chi connectivity index (χ2v) is 8.59. The Kier molecular flexibility index (Phi) is 8.16. The molecule has 7 heteroatoms. The SMILES string of the molecule is C[C@@H](CC(=N)c1ccc(C(=O)Nc2cc(N)ccc2-c2ccccc2)cc1)NC(=O)CN(C)C. The Morgan fingerprint density at radius 3 is 2.26 bits per heavy atom. The average Bonchev–Trinajstić information content (AvgIpc) is 2.79. The predicted molar refractivity (Wildman–Crippen MR) is 138 cm³/mol. The Bertz CT molecular complexity index is 1160. The number of nitrogen functional groups attached to an aromatic ring is 1. The normalized spacial score (nSPS) is 11.6. The number of carbonyl (C=O) groups is 2. The van der Waals surface area contributed by atoms with Crippen LogP contribution in [0, 0.1) is 5.41 Å². The highest BCUT2D eigenvalue weighted by Gasteiger charge is 2.14. The molecule has 0 saturated heterocycles. The zero-order valence-electron chi connectivity index (χ0n) is 19.8. The molecular weight excluding hydrogens is 426 g/mol. The number of nitrogens with zero attached hydrogens (tertiary/aromatic N) is 1. The first kappa shape index (κ1) is 24.7. The Morgan fingerprint density at radius 2 is 1.62 bits per heavy atom. The van der Waals surface area contributed by atoms with Crippen molar-refractivity contribution in [2.24, 2.45) is 0 Å². The maximum Gasteiger partial charge on any atom is 0.255 e. The molecular formula is C27H31N5O2. The third-order valence-electron chi connectivity index (χ3n) is 5.25. The van der Waals surface area contributed by atoms with Crippen molar-refractivity contribution in [2.45, 2.75) is 19.4 Å². The van der Waals surface area contributed by atoms with Gasteiger partial charge in [-0.05, 0) is 56.4 Å². The van der Waals surface area contributed by atoms with Crippen LogP contribution in [-0.4, -0.2) is 49.1 Å². The Hall–Kier alpha value is -3.97. The zero-order valence-corrected chi connectivity index (χ0v) is 19.8. The first-order valence-corrected chi connectivity index (χ1v) is 11.1. The Balaban J connectivity index is 1.66. The minimum absolute atomic E-state index is 0.0752. The second-order valence-electron chi connectivity index (χ2n) is 8.59. The molecule has 0 aliphatic heterocycles. The fourth-order valence-electron chi connectivity index (χ4n) is 3.63. The van der Waals surface area contributed by atoms with Gasteiger partial charge in [-0.15, -0.1) is 0 Å². The summed E-state index contributed by atoms with van der Waals surface area (Å²) in [4.78, 5) is 26.6. The van der Waals surface area contributed by atoms with Gasteiger partial charge in [0.25, 0.3) is 5.91 Å². The summed E-state index contributed by atoms with van der Waals surface area (Å²) in [5.74, 6) is -0.334. The van der Waals surface area contributed by atoms with E-state index in [-0.39, 0.29) is 17.9 Å². The number of likely N-dealkylation sites (N-methyl/N-ethyl adjacent to an activating group) is 1. The van der Waals surface area contributed by atoms with E-state index >= 15 is 0 Å². The first-order valence-electron chi connectivity index (χ1n) is 11.1. The predicted octanol–water partition coefficient (Wildman–Crippen LogP) is 4.01. The average molecular weight is 458 g/mol. The molecule has 34 heavy (non-hydrogen) atoms. The highest BCUT2D eigenvalue weighted by Crippen LogP contribution is 2.30. The van der Waals surface area contributed by atoms with Crippen LogP contribution in [0.1, 0.15) is 29.3 Å². The zero-order chi connectivity index (χ0) is 24.7. The van der Waals surface area contributed by atoms with Gasteiger partial charge in [-0.25, -0.2) is 0 Å². The first-order chi connectivity index (χ1) is 16.2. The number of anilines is 2.